The van der Waals surface area contributed by atoms with Gasteiger partial charge in [-0.2, -0.15) is 0 Å². The molecule has 0 radical (unpaired) electrons. The number of piperazine rings is 1. The number of aryl methyl sites for hydroxylation is 3. The minimum atomic E-state index is -0.721. The Morgan fingerprint density at radius 3 is 2.26 bits per heavy atom. The van der Waals surface area contributed by atoms with E-state index in [0.29, 0.717) is 47.9 Å². The number of thiophene rings is 1. The molecule has 1 spiro atoms. The van der Waals surface area contributed by atoms with Crippen LogP contribution in [0.2, 0.25) is 0 Å². The third kappa shape index (κ3) is 9.95. The van der Waals surface area contributed by atoms with Gasteiger partial charge in [-0.1, -0.05) is 74.9 Å². The number of hydrogen-bond donors (Lipinski definition) is 3. The van der Waals surface area contributed by atoms with Crippen LogP contribution < -0.4 is 26.4 Å². The van der Waals surface area contributed by atoms with Gasteiger partial charge in [-0.15, -0.1) is 11.3 Å². The Morgan fingerprint density at radius 1 is 0.826 bits per heavy atom. The van der Waals surface area contributed by atoms with Crippen molar-refractivity contribution in [3.63, 3.8) is 0 Å². The summed E-state index contributed by atoms with van der Waals surface area (Å²) < 4.78 is 8.50. The fourth-order valence-corrected chi connectivity index (χ4v) is 11.4. The monoisotopic (exact) mass is 952 g/mol. The maximum absolute atomic E-state index is 15.0. The number of para-hydroxylation sites is 1. The van der Waals surface area contributed by atoms with Crippen molar-refractivity contribution in [2.45, 2.75) is 77.3 Å². The number of likely N-dealkylation sites (N-methyl/N-ethyl adjacent to an activating group) is 1. The van der Waals surface area contributed by atoms with Crippen LogP contribution in [-0.2, 0) is 18.4 Å². The molecule has 0 saturated carbocycles. The Kier molecular flexibility index (Phi) is 14.4. The van der Waals surface area contributed by atoms with Gasteiger partial charge >= 0.3 is 0 Å². The van der Waals surface area contributed by atoms with E-state index in [2.05, 4.69) is 39.0 Å². The number of nitrogens with zero attached hydrogens (tertiary/aromatic N) is 5. The Hall–Kier alpha value is -6.29. The molecule has 3 aliphatic heterocycles. The molecule has 362 valence electrons. The molecule has 69 heavy (non-hydrogen) atoms. The molecular formula is C54H64N8O6S. The van der Waals surface area contributed by atoms with Crippen molar-refractivity contribution in [2.24, 2.45) is 7.05 Å². The summed E-state index contributed by atoms with van der Waals surface area (Å²) in [5.41, 5.74) is 6.11. The summed E-state index contributed by atoms with van der Waals surface area (Å²) in [4.78, 5) is 76.1. The van der Waals surface area contributed by atoms with Crippen molar-refractivity contribution in [2.75, 3.05) is 71.0 Å². The molecule has 6 heterocycles. The molecule has 3 aromatic heterocycles. The predicted molar refractivity (Wildman–Crippen MR) is 273 cm³/mol. The Bertz CT molecular complexity index is 2920. The van der Waals surface area contributed by atoms with E-state index in [1.165, 1.54) is 11.3 Å². The number of unbranched alkanes of at least 4 members (excludes halogenated alkanes) is 7. The number of benzene rings is 3. The molecule has 14 nitrogen and oxygen atoms in total. The number of carbonyl (C=O) groups is 4. The van der Waals surface area contributed by atoms with Crippen LogP contribution in [0.15, 0.2) is 88.2 Å². The van der Waals surface area contributed by atoms with Gasteiger partial charge in [0.25, 0.3) is 23.3 Å². The first-order valence-corrected chi connectivity index (χ1v) is 25.4. The van der Waals surface area contributed by atoms with Crippen molar-refractivity contribution in [3.05, 3.63) is 122 Å². The normalized spacial score (nSPS) is 15.8. The van der Waals surface area contributed by atoms with Gasteiger partial charge in [-0.25, -0.2) is 0 Å². The van der Waals surface area contributed by atoms with Gasteiger partial charge in [0.05, 0.1) is 25.3 Å². The zero-order valence-electron chi connectivity index (χ0n) is 40.3. The molecule has 0 aliphatic carbocycles. The highest BCUT2D eigenvalue weighted by atomic mass is 32.1. The highest BCUT2D eigenvalue weighted by Gasteiger charge is 2.57. The van der Waals surface area contributed by atoms with E-state index >= 15 is 4.79 Å². The number of carbonyl (C=O) groups excluding carboxylic acids is 4. The van der Waals surface area contributed by atoms with Crippen LogP contribution in [0.25, 0.3) is 32.2 Å². The summed E-state index contributed by atoms with van der Waals surface area (Å²) in [6.07, 6.45) is 9.84. The number of anilines is 1. The topological polar surface area (TPSA) is 152 Å². The van der Waals surface area contributed by atoms with E-state index < -0.39 is 5.54 Å². The molecule has 0 unspecified atom stereocenters. The van der Waals surface area contributed by atoms with Crippen LogP contribution in [0.4, 0.5) is 5.69 Å². The SMILES string of the molecule is Cc1cc(-c2cc(C)c3oc(C(=O)NCCCCCCCCCCN(Cc4ccccc4N4CCNCC4)C(=O)c4sc5ccccc5c4C(=O)N4CC5(C4)C(=O)NCN5C)cc3c2)cn(C)c1=O. The third-order valence-corrected chi connectivity index (χ3v) is 15.4. The average molecular weight is 953 g/mol. The molecule has 3 fully saturated rings. The van der Waals surface area contributed by atoms with E-state index in [1.54, 1.807) is 22.6 Å². The van der Waals surface area contributed by atoms with E-state index in [4.69, 9.17) is 4.42 Å². The first-order valence-electron chi connectivity index (χ1n) is 24.5. The molecule has 9 rings (SSSR count). The van der Waals surface area contributed by atoms with Crippen molar-refractivity contribution in [1.82, 2.24) is 35.2 Å². The van der Waals surface area contributed by atoms with E-state index in [-0.39, 0.29) is 48.0 Å². The van der Waals surface area contributed by atoms with Crippen molar-refractivity contribution < 1.29 is 23.6 Å². The number of furan rings is 1. The quantitative estimate of drug-likeness (QED) is 0.0747. The molecule has 0 bridgehead atoms. The maximum atomic E-state index is 15.0. The van der Waals surface area contributed by atoms with Gasteiger partial charge in [-0.05, 0) is 92.4 Å². The van der Waals surface area contributed by atoms with Crippen LogP contribution in [-0.4, -0.2) is 115 Å². The highest BCUT2D eigenvalue weighted by molar-refractivity contribution is 7.21. The summed E-state index contributed by atoms with van der Waals surface area (Å²) >= 11 is 1.39. The lowest BCUT2D eigenvalue weighted by Gasteiger charge is -2.49. The lowest BCUT2D eigenvalue weighted by Crippen LogP contribution is -2.71. The number of fused-ring (bicyclic) bond motifs is 2. The molecule has 3 N–H and O–H groups in total. The van der Waals surface area contributed by atoms with E-state index in [0.717, 1.165) is 121 Å². The summed E-state index contributed by atoms with van der Waals surface area (Å²) in [5.74, 6) is -0.331. The Morgan fingerprint density at radius 2 is 1.52 bits per heavy atom. The van der Waals surface area contributed by atoms with Gasteiger partial charge in [-0.3, -0.25) is 28.9 Å². The van der Waals surface area contributed by atoms with Crippen LogP contribution >= 0.6 is 11.3 Å². The first kappa shape index (κ1) is 47.8. The number of nitrogens with one attached hydrogen (secondary N) is 3. The second-order valence-corrected chi connectivity index (χ2v) is 20.2. The molecule has 6 aromatic rings. The lowest BCUT2D eigenvalue weighted by molar-refractivity contribution is -0.133. The van der Waals surface area contributed by atoms with Gasteiger partial charge in [0.2, 0.25) is 5.91 Å². The van der Waals surface area contributed by atoms with Crippen LogP contribution in [0.5, 0.6) is 0 Å². The summed E-state index contributed by atoms with van der Waals surface area (Å²) in [5, 5.41) is 11.0. The molecule has 3 saturated heterocycles. The summed E-state index contributed by atoms with van der Waals surface area (Å²) in [7, 11) is 3.65. The smallest absolute Gasteiger partial charge is 0.287 e. The first-order chi connectivity index (χ1) is 33.4. The maximum Gasteiger partial charge on any atom is 0.287 e. The second kappa shape index (κ2) is 20.7. The molecule has 3 aliphatic rings. The zero-order chi connectivity index (χ0) is 48.2. The molecular weight excluding hydrogens is 889 g/mol. The molecule has 0 atom stereocenters. The van der Waals surface area contributed by atoms with Crippen molar-refractivity contribution in [1.29, 1.82) is 0 Å². The van der Waals surface area contributed by atoms with Crippen LogP contribution in [0, 0.1) is 13.8 Å². The minimum Gasteiger partial charge on any atom is -0.451 e. The van der Waals surface area contributed by atoms with Crippen molar-refractivity contribution in [3.8, 4) is 11.1 Å². The third-order valence-electron chi connectivity index (χ3n) is 14.3. The van der Waals surface area contributed by atoms with Crippen LogP contribution in [0.1, 0.15) is 98.6 Å². The predicted octanol–water partition coefficient (Wildman–Crippen LogP) is 7.45. The number of likely N-dealkylation sites (tertiary alicyclic amines) is 1. The number of amides is 4. The number of aromatic nitrogens is 1. The molecule has 15 heteroatoms. The molecule has 3 aromatic carbocycles. The fourth-order valence-electron chi connectivity index (χ4n) is 10.2. The standard InChI is InChI=1S/C54H64N8O6S/c1-36-27-39(41-28-37(2)50(64)58(3)31-41)29-40-30-44(68-47(36)40)49(63)56-21-15-9-7-5-6-8-10-16-24-61(32-38-17-11-13-19-43(38)60-25-22-55-23-26-60)52(66)48-46(42-18-12-14-20-45(42)69-48)51(65)62-33-54(34-62)53(67)57-35-59(54)4/h11-14,17-20,27-31,55H,5-10,15-16,21-26,32-35H2,1-4H3,(H,56,63)(H,57,67). The summed E-state index contributed by atoms with van der Waals surface area (Å²) in [6, 6.07) is 23.8. The minimum absolute atomic E-state index is 0.0220. The van der Waals surface area contributed by atoms with Gasteiger partial charge in [0, 0.05) is 85.8 Å². The fraction of sp³-hybridized carbons (Fsp3) is 0.426. The van der Waals surface area contributed by atoms with E-state index in [9.17, 15) is 19.2 Å². The van der Waals surface area contributed by atoms with Crippen LogP contribution in [0.3, 0.4) is 0 Å². The largest absolute Gasteiger partial charge is 0.451 e. The second-order valence-electron chi connectivity index (χ2n) is 19.2. The molecule has 4 amide bonds. The lowest BCUT2D eigenvalue weighted by atomic mass is 9.87. The van der Waals surface area contributed by atoms with Gasteiger partial charge < -0.3 is 39.6 Å². The number of pyridine rings is 1. The zero-order valence-corrected chi connectivity index (χ0v) is 41.1. The number of rotatable bonds is 18. The Balaban J connectivity index is 0.782. The van der Waals surface area contributed by atoms with E-state index in [1.807, 2.05) is 85.4 Å². The average Bonchev–Trinajstić information content (AvgIpc) is 4.05. The summed E-state index contributed by atoms with van der Waals surface area (Å²) in [6.45, 7) is 9.98. The highest BCUT2D eigenvalue weighted by Crippen LogP contribution is 2.38. The Labute approximate surface area is 407 Å². The number of hydrogen-bond acceptors (Lipinski definition) is 10. The van der Waals surface area contributed by atoms with Crippen molar-refractivity contribution >= 4 is 61.7 Å². The van der Waals surface area contributed by atoms with Gasteiger partial charge in [0.15, 0.2) is 5.76 Å². The van der Waals surface area contributed by atoms with Gasteiger partial charge in [0.1, 0.15) is 16.0 Å².